The van der Waals surface area contributed by atoms with E-state index in [1.807, 2.05) is 11.3 Å². The van der Waals surface area contributed by atoms with Gasteiger partial charge in [-0.1, -0.05) is 19.9 Å². The molecule has 0 aliphatic heterocycles. The highest BCUT2D eigenvalue weighted by Crippen LogP contribution is 2.13. The third-order valence-electron chi connectivity index (χ3n) is 2.96. The maximum atomic E-state index is 3.59. The fourth-order valence-corrected chi connectivity index (χ4v) is 2.66. The molecule has 104 valence electrons. The molecule has 0 saturated carbocycles. The molecule has 0 radical (unpaired) electrons. The van der Waals surface area contributed by atoms with Crippen LogP contribution in [-0.2, 0) is 6.54 Å². The van der Waals surface area contributed by atoms with Crippen LogP contribution in [-0.4, -0.2) is 30.1 Å². The van der Waals surface area contributed by atoms with Gasteiger partial charge in [0.05, 0.1) is 0 Å². The summed E-state index contributed by atoms with van der Waals surface area (Å²) in [5, 5.41) is 5.75. The van der Waals surface area contributed by atoms with E-state index in [9.17, 15) is 0 Å². The normalized spacial score (nSPS) is 14.1. The van der Waals surface area contributed by atoms with Crippen molar-refractivity contribution in [2.75, 3.05) is 19.6 Å². The molecule has 0 fully saturated rings. The molecule has 3 heteroatoms. The predicted molar refractivity (Wildman–Crippen MR) is 82.2 cm³/mol. The molecule has 0 amide bonds. The second kappa shape index (κ2) is 7.27. The van der Waals surface area contributed by atoms with E-state index in [0.29, 0.717) is 5.92 Å². The zero-order chi connectivity index (χ0) is 13.6. The van der Waals surface area contributed by atoms with Crippen molar-refractivity contribution in [3.05, 3.63) is 22.4 Å². The molecule has 0 bridgehead atoms. The second-order valence-corrected chi connectivity index (χ2v) is 7.18. The van der Waals surface area contributed by atoms with Crippen LogP contribution in [0.4, 0.5) is 0 Å². The maximum Gasteiger partial charge on any atom is 0.0327 e. The number of thiophene rings is 1. The first-order valence-electron chi connectivity index (χ1n) is 6.90. The molecule has 18 heavy (non-hydrogen) atoms. The molecule has 0 aliphatic carbocycles. The molecule has 1 atom stereocenters. The molecule has 1 heterocycles. The summed E-state index contributed by atoms with van der Waals surface area (Å²) in [5.41, 5.74) is 0.221. The average molecular weight is 268 g/mol. The van der Waals surface area contributed by atoms with Crippen molar-refractivity contribution in [1.29, 1.82) is 0 Å². The number of hydrogen-bond acceptors (Lipinski definition) is 3. The minimum Gasteiger partial charge on any atom is -0.312 e. The van der Waals surface area contributed by atoms with Crippen molar-refractivity contribution < 1.29 is 0 Å². The summed E-state index contributed by atoms with van der Waals surface area (Å²) < 4.78 is 0. The van der Waals surface area contributed by atoms with Gasteiger partial charge in [0.2, 0.25) is 0 Å². The fourth-order valence-electron chi connectivity index (χ4n) is 1.91. The van der Waals surface area contributed by atoms with Crippen LogP contribution in [0.1, 0.15) is 39.5 Å². The summed E-state index contributed by atoms with van der Waals surface area (Å²) in [6.07, 6.45) is 0. The Morgan fingerprint density at radius 2 is 2.11 bits per heavy atom. The van der Waals surface area contributed by atoms with E-state index < -0.39 is 0 Å². The van der Waals surface area contributed by atoms with Gasteiger partial charge in [-0.2, -0.15) is 0 Å². The molecule has 1 rings (SSSR count). The Labute approximate surface area is 116 Å². The number of rotatable bonds is 7. The Morgan fingerprint density at radius 3 is 2.61 bits per heavy atom. The molecule has 0 aliphatic rings. The quantitative estimate of drug-likeness (QED) is 0.813. The molecule has 1 aromatic heterocycles. The Morgan fingerprint density at radius 1 is 1.39 bits per heavy atom. The smallest absolute Gasteiger partial charge is 0.0327 e. The van der Waals surface area contributed by atoms with Gasteiger partial charge >= 0.3 is 0 Å². The Balaban J connectivity index is 2.33. The van der Waals surface area contributed by atoms with Gasteiger partial charge in [-0.05, 0) is 51.2 Å². The van der Waals surface area contributed by atoms with Crippen molar-refractivity contribution in [2.24, 2.45) is 5.92 Å². The summed E-state index contributed by atoms with van der Waals surface area (Å²) >= 11 is 1.85. The highest BCUT2D eigenvalue weighted by atomic mass is 32.1. The first-order valence-corrected chi connectivity index (χ1v) is 7.78. The van der Waals surface area contributed by atoms with E-state index in [1.54, 1.807) is 0 Å². The molecule has 1 N–H and O–H groups in total. The highest BCUT2D eigenvalue weighted by Gasteiger charge is 2.13. The number of hydrogen-bond donors (Lipinski definition) is 1. The molecular weight excluding hydrogens is 240 g/mol. The zero-order valence-corrected chi connectivity index (χ0v) is 13.3. The lowest BCUT2D eigenvalue weighted by Crippen LogP contribution is -2.41. The third kappa shape index (κ3) is 6.53. The van der Waals surface area contributed by atoms with E-state index in [-0.39, 0.29) is 5.54 Å². The standard InChI is InChI=1S/C15H28N2S/c1-6-17(12-14-8-7-9-18-14)11-13(2)10-16-15(3,4)5/h7-9,13,16H,6,10-12H2,1-5H3. The van der Waals surface area contributed by atoms with Crippen molar-refractivity contribution in [3.8, 4) is 0 Å². The Kier molecular flexibility index (Phi) is 6.33. The average Bonchev–Trinajstić information content (AvgIpc) is 2.77. The zero-order valence-electron chi connectivity index (χ0n) is 12.5. The lowest BCUT2D eigenvalue weighted by molar-refractivity contribution is 0.231. The molecule has 0 saturated heterocycles. The first kappa shape index (κ1) is 15.7. The Bertz CT molecular complexity index is 314. The molecule has 1 aromatic rings. The van der Waals surface area contributed by atoms with E-state index in [4.69, 9.17) is 0 Å². The maximum absolute atomic E-state index is 3.59. The third-order valence-corrected chi connectivity index (χ3v) is 3.82. The van der Waals surface area contributed by atoms with Gasteiger partial charge in [-0.25, -0.2) is 0 Å². The van der Waals surface area contributed by atoms with E-state index in [1.165, 1.54) is 4.88 Å². The van der Waals surface area contributed by atoms with Crippen LogP contribution in [0.5, 0.6) is 0 Å². The van der Waals surface area contributed by atoms with Gasteiger partial charge in [0.15, 0.2) is 0 Å². The van der Waals surface area contributed by atoms with Crippen molar-refractivity contribution in [2.45, 2.75) is 46.7 Å². The van der Waals surface area contributed by atoms with Crippen LogP contribution in [0.3, 0.4) is 0 Å². The first-order chi connectivity index (χ1) is 8.40. The van der Waals surface area contributed by atoms with Gasteiger partial charge in [0.25, 0.3) is 0 Å². The minimum absolute atomic E-state index is 0.221. The SMILES string of the molecule is CCN(Cc1cccs1)CC(C)CNC(C)(C)C. The lowest BCUT2D eigenvalue weighted by Gasteiger charge is -2.27. The topological polar surface area (TPSA) is 15.3 Å². The fraction of sp³-hybridized carbons (Fsp3) is 0.733. The highest BCUT2D eigenvalue weighted by molar-refractivity contribution is 7.09. The molecule has 1 unspecified atom stereocenters. The largest absolute Gasteiger partial charge is 0.312 e. The predicted octanol–water partition coefficient (Wildman–Crippen LogP) is 3.59. The van der Waals surface area contributed by atoms with Gasteiger partial charge in [-0.3, -0.25) is 4.90 Å². The second-order valence-electron chi connectivity index (χ2n) is 6.14. The van der Waals surface area contributed by atoms with E-state index in [0.717, 1.165) is 26.2 Å². The summed E-state index contributed by atoms with van der Waals surface area (Å²) in [5.74, 6) is 0.684. The number of nitrogens with one attached hydrogen (secondary N) is 1. The van der Waals surface area contributed by atoms with E-state index in [2.05, 4.69) is 62.3 Å². The van der Waals surface area contributed by atoms with Crippen molar-refractivity contribution >= 4 is 11.3 Å². The van der Waals surface area contributed by atoms with Crippen LogP contribution in [0.2, 0.25) is 0 Å². The van der Waals surface area contributed by atoms with Crippen LogP contribution >= 0.6 is 11.3 Å². The molecular formula is C15H28N2S. The van der Waals surface area contributed by atoms with Crippen LogP contribution in [0.25, 0.3) is 0 Å². The van der Waals surface area contributed by atoms with E-state index >= 15 is 0 Å². The summed E-state index contributed by atoms with van der Waals surface area (Å²) in [4.78, 5) is 3.99. The van der Waals surface area contributed by atoms with Crippen molar-refractivity contribution in [1.82, 2.24) is 10.2 Å². The number of nitrogens with zero attached hydrogens (tertiary/aromatic N) is 1. The Hall–Kier alpha value is -0.380. The summed E-state index contributed by atoms with van der Waals surface area (Å²) in [7, 11) is 0. The van der Waals surface area contributed by atoms with Crippen LogP contribution < -0.4 is 5.32 Å². The molecule has 0 spiro atoms. The van der Waals surface area contributed by atoms with Crippen LogP contribution in [0, 0.1) is 5.92 Å². The molecule has 2 nitrogen and oxygen atoms in total. The summed E-state index contributed by atoms with van der Waals surface area (Å²) in [6.45, 7) is 15.7. The van der Waals surface area contributed by atoms with Crippen LogP contribution in [0.15, 0.2) is 17.5 Å². The minimum atomic E-state index is 0.221. The van der Waals surface area contributed by atoms with Gasteiger partial charge < -0.3 is 5.32 Å². The van der Waals surface area contributed by atoms with Gasteiger partial charge in [0.1, 0.15) is 0 Å². The van der Waals surface area contributed by atoms with Gasteiger partial charge in [-0.15, -0.1) is 11.3 Å². The van der Waals surface area contributed by atoms with Crippen molar-refractivity contribution in [3.63, 3.8) is 0 Å². The monoisotopic (exact) mass is 268 g/mol. The molecule has 0 aromatic carbocycles. The summed E-state index contributed by atoms with van der Waals surface area (Å²) in [6, 6.07) is 4.36. The lowest BCUT2D eigenvalue weighted by atomic mass is 10.1. The van der Waals surface area contributed by atoms with Gasteiger partial charge in [0, 0.05) is 23.5 Å².